The van der Waals surface area contributed by atoms with Crippen molar-refractivity contribution in [3.63, 3.8) is 0 Å². The van der Waals surface area contributed by atoms with Crippen LogP contribution >= 0.6 is 11.6 Å². The molecular weight excluding hydrogens is 403 g/mol. The van der Waals surface area contributed by atoms with Crippen LogP contribution in [-0.4, -0.2) is 48.0 Å². The first kappa shape index (κ1) is 21.1. The molecule has 2 aromatic rings. The lowest BCUT2D eigenvalue weighted by Gasteiger charge is -2.33. The van der Waals surface area contributed by atoms with E-state index in [-0.39, 0.29) is 17.8 Å². The molecule has 2 heterocycles. The van der Waals surface area contributed by atoms with Crippen molar-refractivity contribution in [2.45, 2.75) is 44.8 Å². The minimum absolute atomic E-state index is 0.0215. The maximum Gasteiger partial charge on any atom is 0.257 e. The summed E-state index contributed by atoms with van der Waals surface area (Å²) >= 11 is 6.20. The zero-order chi connectivity index (χ0) is 20.9. The number of likely N-dealkylation sites (tertiary alicyclic amines) is 2. The van der Waals surface area contributed by atoms with Crippen molar-refractivity contribution in [3.05, 3.63) is 64.4 Å². The first-order valence-electron chi connectivity index (χ1n) is 10.8. The summed E-state index contributed by atoms with van der Waals surface area (Å²) in [6.45, 7) is 3.86. The van der Waals surface area contributed by atoms with Gasteiger partial charge in [0.1, 0.15) is 17.7 Å². The average Bonchev–Trinajstić information content (AvgIpc) is 2.77. The fourth-order valence-electron chi connectivity index (χ4n) is 4.27. The normalized spacial score (nSPS) is 18.4. The van der Waals surface area contributed by atoms with Gasteiger partial charge in [0.2, 0.25) is 0 Å². The Morgan fingerprint density at radius 2 is 1.77 bits per heavy atom. The molecule has 2 aliphatic rings. The fourth-order valence-corrected chi connectivity index (χ4v) is 4.43. The van der Waals surface area contributed by atoms with Gasteiger partial charge in [-0.3, -0.25) is 9.69 Å². The van der Waals surface area contributed by atoms with Gasteiger partial charge in [0.25, 0.3) is 5.91 Å². The zero-order valence-corrected chi connectivity index (χ0v) is 17.9. The molecule has 0 atom stereocenters. The van der Waals surface area contributed by atoms with E-state index in [1.165, 1.54) is 12.5 Å². The smallest absolute Gasteiger partial charge is 0.257 e. The number of halogens is 2. The number of hydrogen-bond donors (Lipinski definition) is 0. The molecule has 4 rings (SSSR count). The summed E-state index contributed by atoms with van der Waals surface area (Å²) in [6, 6.07) is 12.2. The Labute approximate surface area is 182 Å². The van der Waals surface area contributed by atoms with Crippen molar-refractivity contribution in [2.75, 3.05) is 26.2 Å². The number of hydrogen-bond acceptors (Lipinski definition) is 3. The van der Waals surface area contributed by atoms with Crippen molar-refractivity contribution in [3.8, 4) is 5.75 Å². The minimum atomic E-state index is -0.157. The van der Waals surface area contributed by atoms with Gasteiger partial charge in [-0.15, -0.1) is 0 Å². The first-order valence-corrected chi connectivity index (χ1v) is 11.2. The molecule has 160 valence electrons. The molecule has 2 fully saturated rings. The van der Waals surface area contributed by atoms with Crippen LogP contribution in [0.25, 0.3) is 0 Å². The molecule has 30 heavy (non-hydrogen) atoms. The molecule has 0 radical (unpaired) electrons. The topological polar surface area (TPSA) is 32.8 Å². The van der Waals surface area contributed by atoms with Crippen molar-refractivity contribution in [1.82, 2.24) is 9.80 Å². The molecule has 0 unspecified atom stereocenters. The standard InChI is InChI=1S/C24H28ClFN2O2/c25-19-8-9-21(24(29)28-12-4-1-5-13-28)23(16-19)30-20-10-14-27(15-11-20)17-18-6-2-3-7-22(18)26/h2-3,6-9,16,20H,1,4-5,10-15,17H2. The molecule has 4 nitrogen and oxygen atoms in total. The molecule has 1 amide bonds. The number of carbonyl (C=O) groups is 1. The lowest BCUT2D eigenvalue weighted by molar-refractivity contribution is 0.0702. The predicted molar refractivity (Wildman–Crippen MR) is 117 cm³/mol. The molecule has 0 saturated carbocycles. The van der Waals surface area contributed by atoms with E-state index >= 15 is 0 Å². The molecule has 0 aliphatic carbocycles. The monoisotopic (exact) mass is 430 g/mol. The third kappa shape index (κ3) is 5.13. The molecule has 0 bridgehead atoms. The Bertz CT molecular complexity index is 877. The second-order valence-corrected chi connectivity index (χ2v) is 8.61. The highest BCUT2D eigenvalue weighted by Crippen LogP contribution is 2.29. The number of rotatable bonds is 5. The Balaban J connectivity index is 1.38. The van der Waals surface area contributed by atoms with Gasteiger partial charge < -0.3 is 9.64 Å². The van der Waals surface area contributed by atoms with E-state index in [0.717, 1.165) is 57.4 Å². The molecule has 0 spiro atoms. The molecular formula is C24H28ClFN2O2. The lowest BCUT2D eigenvalue weighted by Crippen LogP contribution is -2.39. The van der Waals surface area contributed by atoms with Crippen LogP contribution in [0.4, 0.5) is 4.39 Å². The van der Waals surface area contributed by atoms with Crippen LogP contribution in [0.15, 0.2) is 42.5 Å². The second-order valence-electron chi connectivity index (χ2n) is 8.18. The van der Waals surface area contributed by atoms with Gasteiger partial charge in [-0.1, -0.05) is 29.8 Å². The Morgan fingerprint density at radius 1 is 1.03 bits per heavy atom. The van der Waals surface area contributed by atoms with Crippen molar-refractivity contribution < 1.29 is 13.9 Å². The van der Waals surface area contributed by atoms with Crippen LogP contribution in [0, 0.1) is 5.82 Å². The summed E-state index contributed by atoms with van der Waals surface area (Å²) in [5.41, 5.74) is 1.32. The van der Waals surface area contributed by atoms with E-state index in [1.807, 2.05) is 17.0 Å². The molecule has 2 aliphatic heterocycles. The number of piperidine rings is 2. The van der Waals surface area contributed by atoms with E-state index in [4.69, 9.17) is 16.3 Å². The summed E-state index contributed by atoms with van der Waals surface area (Å²) in [6.07, 6.45) is 4.97. The van der Waals surface area contributed by atoms with Gasteiger partial charge in [0, 0.05) is 43.3 Å². The quantitative estimate of drug-likeness (QED) is 0.657. The van der Waals surface area contributed by atoms with Gasteiger partial charge in [-0.25, -0.2) is 4.39 Å². The highest BCUT2D eigenvalue weighted by Gasteiger charge is 2.25. The number of amides is 1. The predicted octanol–water partition coefficient (Wildman–Crippen LogP) is 5.15. The second kappa shape index (κ2) is 9.80. The van der Waals surface area contributed by atoms with Gasteiger partial charge in [-0.2, -0.15) is 0 Å². The summed E-state index contributed by atoms with van der Waals surface area (Å²) in [5, 5.41) is 0.567. The minimum Gasteiger partial charge on any atom is -0.489 e. The highest BCUT2D eigenvalue weighted by atomic mass is 35.5. The van der Waals surface area contributed by atoms with E-state index < -0.39 is 0 Å². The number of nitrogens with zero attached hydrogens (tertiary/aromatic N) is 2. The zero-order valence-electron chi connectivity index (χ0n) is 17.2. The van der Waals surface area contributed by atoms with Crippen LogP contribution in [0.3, 0.4) is 0 Å². The van der Waals surface area contributed by atoms with Crippen molar-refractivity contribution >= 4 is 17.5 Å². The highest BCUT2D eigenvalue weighted by molar-refractivity contribution is 6.30. The Kier molecular flexibility index (Phi) is 6.90. The molecule has 0 N–H and O–H groups in total. The molecule has 2 aromatic carbocycles. The Hall–Kier alpha value is -2.11. The van der Waals surface area contributed by atoms with E-state index in [9.17, 15) is 9.18 Å². The lowest BCUT2D eigenvalue weighted by atomic mass is 10.1. The Morgan fingerprint density at radius 3 is 2.50 bits per heavy atom. The number of carbonyl (C=O) groups excluding carboxylic acids is 1. The summed E-state index contributed by atoms with van der Waals surface area (Å²) in [5.74, 6) is 0.444. The van der Waals surface area contributed by atoms with E-state index in [2.05, 4.69) is 4.90 Å². The maximum absolute atomic E-state index is 13.9. The molecule has 6 heteroatoms. The van der Waals surface area contributed by atoms with Gasteiger partial charge in [-0.05, 0) is 56.4 Å². The number of benzene rings is 2. The SMILES string of the molecule is O=C(c1ccc(Cl)cc1OC1CCN(Cc2ccccc2F)CC1)N1CCCCC1. The summed E-state index contributed by atoms with van der Waals surface area (Å²) in [4.78, 5) is 17.2. The van der Waals surface area contributed by atoms with Crippen LogP contribution in [0.5, 0.6) is 5.75 Å². The van der Waals surface area contributed by atoms with Crippen molar-refractivity contribution in [1.29, 1.82) is 0 Å². The van der Waals surface area contributed by atoms with Crippen LogP contribution in [-0.2, 0) is 6.54 Å². The van der Waals surface area contributed by atoms with Crippen LogP contribution in [0.2, 0.25) is 5.02 Å². The van der Waals surface area contributed by atoms with Gasteiger partial charge >= 0.3 is 0 Å². The summed E-state index contributed by atoms with van der Waals surface area (Å²) in [7, 11) is 0. The van der Waals surface area contributed by atoms with Gasteiger partial charge in [0.05, 0.1) is 5.56 Å². The van der Waals surface area contributed by atoms with Crippen molar-refractivity contribution in [2.24, 2.45) is 0 Å². The molecule has 0 aromatic heterocycles. The molecule has 2 saturated heterocycles. The van der Waals surface area contributed by atoms with Crippen LogP contribution < -0.4 is 4.74 Å². The summed E-state index contributed by atoms with van der Waals surface area (Å²) < 4.78 is 20.2. The first-order chi connectivity index (χ1) is 14.6. The third-order valence-electron chi connectivity index (χ3n) is 6.00. The fraction of sp³-hybridized carbons (Fsp3) is 0.458. The third-order valence-corrected chi connectivity index (χ3v) is 6.23. The van der Waals surface area contributed by atoms with Crippen LogP contribution in [0.1, 0.15) is 48.0 Å². The van der Waals surface area contributed by atoms with Gasteiger partial charge in [0.15, 0.2) is 0 Å². The average molecular weight is 431 g/mol. The van der Waals surface area contributed by atoms with E-state index in [1.54, 1.807) is 24.3 Å². The maximum atomic E-state index is 13.9. The van der Waals surface area contributed by atoms with E-state index in [0.29, 0.717) is 22.9 Å². The largest absolute Gasteiger partial charge is 0.489 e. The number of ether oxygens (including phenoxy) is 1.